The highest BCUT2D eigenvalue weighted by Gasteiger charge is 2.12. The number of carbonyl (C=O) groups excluding carboxylic acids is 4. The predicted molar refractivity (Wildman–Crippen MR) is 110 cm³/mol. The van der Waals surface area contributed by atoms with Crippen LogP contribution < -0.4 is 10.6 Å². The van der Waals surface area contributed by atoms with E-state index in [1.165, 1.54) is 13.0 Å². The largest absolute Gasteiger partial charge is 0.456 e. The number of ketones is 1. The Morgan fingerprint density at radius 1 is 0.828 bits per heavy atom. The van der Waals surface area contributed by atoms with Gasteiger partial charge in [0.2, 0.25) is 5.91 Å². The summed E-state index contributed by atoms with van der Waals surface area (Å²) in [6.07, 6.45) is -0.305. The molecule has 9 heteroatoms. The van der Waals surface area contributed by atoms with Crippen LogP contribution in [0.15, 0.2) is 42.5 Å². The SMILES string of the molecule is CC(=O)c1ccc(NC(=O)COC(=O)CCC(=O)Nc2ccc(Cl)c(Cl)c2)cc1. The van der Waals surface area contributed by atoms with Crippen LogP contribution in [0.1, 0.15) is 30.1 Å². The molecule has 0 saturated carbocycles. The zero-order valence-corrected chi connectivity index (χ0v) is 17.0. The van der Waals surface area contributed by atoms with Crippen molar-refractivity contribution in [1.29, 1.82) is 0 Å². The van der Waals surface area contributed by atoms with E-state index in [0.29, 0.717) is 27.0 Å². The molecule has 0 bridgehead atoms. The first kappa shape index (κ1) is 22.4. The van der Waals surface area contributed by atoms with Gasteiger partial charge >= 0.3 is 5.97 Å². The summed E-state index contributed by atoms with van der Waals surface area (Å²) in [5.74, 6) is -1.71. The van der Waals surface area contributed by atoms with Crippen LogP contribution in [0.2, 0.25) is 10.0 Å². The summed E-state index contributed by atoms with van der Waals surface area (Å²) in [4.78, 5) is 46.6. The normalized spacial score (nSPS) is 10.2. The van der Waals surface area contributed by atoms with Crippen molar-refractivity contribution in [3.05, 3.63) is 58.1 Å². The summed E-state index contributed by atoms with van der Waals surface area (Å²) in [5, 5.41) is 5.78. The number of hydrogen-bond acceptors (Lipinski definition) is 5. The summed E-state index contributed by atoms with van der Waals surface area (Å²) in [6.45, 7) is 0.958. The third-order valence-electron chi connectivity index (χ3n) is 3.70. The minimum absolute atomic E-state index is 0.0833. The quantitative estimate of drug-likeness (QED) is 0.479. The third-order valence-corrected chi connectivity index (χ3v) is 4.44. The Bertz CT molecular complexity index is 929. The lowest BCUT2D eigenvalue weighted by atomic mass is 10.1. The second kappa shape index (κ2) is 10.6. The maximum Gasteiger partial charge on any atom is 0.306 e. The lowest BCUT2D eigenvalue weighted by molar-refractivity contribution is -0.147. The van der Waals surface area contributed by atoms with E-state index >= 15 is 0 Å². The van der Waals surface area contributed by atoms with Gasteiger partial charge in [-0.05, 0) is 49.4 Å². The molecule has 0 aliphatic rings. The standard InChI is InChI=1S/C20H18Cl2N2O5/c1-12(25)13-2-4-14(5-3-13)23-19(27)11-29-20(28)9-8-18(26)24-15-6-7-16(21)17(22)10-15/h2-7,10H,8-9,11H2,1H3,(H,23,27)(H,24,26). The van der Waals surface area contributed by atoms with Crippen molar-refractivity contribution in [3.63, 3.8) is 0 Å². The van der Waals surface area contributed by atoms with E-state index in [0.717, 1.165) is 0 Å². The van der Waals surface area contributed by atoms with Crippen LogP contribution in [0, 0.1) is 0 Å². The molecule has 2 amide bonds. The van der Waals surface area contributed by atoms with Gasteiger partial charge in [-0.25, -0.2) is 0 Å². The highest BCUT2D eigenvalue weighted by molar-refractivity contribution is 6.42. The Morgan fingerprint density at radius 3 is 2.07 bits per heavy atom. The maximum atomic E-state index is 11.9. The van der Waals surface area contributed by atoms with Gasteiger partial charge in [0.25, 0.3) is 5.91 Å². The topological polar surface area (TPSA) is 102 Å². The molecule has 152 valence electrons. The molecule has 0 saturated heterocycles. The van der Waals surface area contributed by atoms with Crippen LogP contribution >= 0.6 is 23.2 Å². The number of carbonyl (C=O) groups is 4. The lowest BCUT2D eigenvalue weighted by Gasteiger charge is -2.08. The van der Waals surface area contributed by atoms with E-state index in [9.17, 15) is 19.2 Å². The number of hydrogen-bond donors (Lipinski definition) is 2. The highest BCUT2D eigenvalue weighted by Crippen LogP contribution is 2.25. The van der Waals surface area contributed by atoms with Gasteiger partial charge in [-0.2, -0.15) is 0 Å². The fourth-order valence-electron chi connectivity index (χ4n) is 2.22. The van der Waals surface area contributed by atoms with Crippen LogP contribution in [-0.4, -0.2) is 30.2 Å². The van der Waals surface area contributed by atoms with Crippen LogP contribution in [0.5, 0.6) is 0 Å². The number of amides is 2. The molecule has 0 unspecified atom stereocenters. The molecule has 2 aromatic carbocycles. The molecule has 0 radical (unpaired) electrons. The Labute approximate surface area is 177 Å². The van der Waals surface area contributed by atoms with Crippen molar-refractivity contribution < 1.29 is 23.9 Å². The van der Waals surface area contributed by atoms with Gasteiger partial charge in [0, 0.05) is 23.4 Å². The summed E-state index contributed by atoms with van der Waals surface area (Å²) >= 11 is 11.7. The molecular formula is C20H18Cl2N2O5. The zero-order valence-electron chi connectivity index (χ0n) is 15.5. The third kappa shape index (κ3) is 7.56. The number of anilines is 2. The minimum Gasteiger partial charge on any atom is -0.456 e. The van der Waals surface area contributed by atoms with Gasteiger partial charge in [-0.3, -0.25) is 19.2 Å². The fourth-order valence-corrected chi connectivity index (χ4v) is 2.51. The number of esters is 1. The molecule has 0 aromatic heterocycles. The molecule has 0 fully saturated rings. The lowest BCUT2D eigenvalue weighted by Crippen LogP contribution is -2.21. The van der Waals surface area contributed by atoms with E-state index < -0.39 is 24.4 Å². The van der Waals surface area contributed by atoms with Crippen molar-refractivity contribution in [2.24, 2.45) is 0 Å². The summed E-state index contributed by atoms with van der Waals surface area (Å²) < 4.78 is 4.85. The Kier molecular flexibility index (Phi) is 8.18. The summed E-state index contributed by atoms with van der Waals surface area (Å²) in [5.41, 5.74) is 1.44. The number of nitrogens with one attached hydrogen (secondary N) is 2. The van der Waals surface area contributed by atoms with E-state index in [2.05, 4.69) is 10.6 Å². The van der Waals surface area contributed by atoms with Gasteiger partial charge in [-0.1, -0.05) is 23.2 Å². The molecule has 0 aliphatic heterocycles. The van der Waals surface area contributed by atoms with Crippen molar-refractivity contribution in [2.75, 3.05) is 17.2 Å². The first-order chi connectivity index (χ1) is 13.7. The van der Waals surface area contributed by atoms with E-state index in [4.69, 9.17) is 27.9 Å². The first-order valence-corrected chi connectivity index (χ1v) is 9.31. The molecule has 2 rings (SSSR count). The predicted octanol–water partition coefficient (Wildman–Crippen LogP) is 4.10. The molecule has 7 nitrogen and oxygen atoms in total. The minimum atomic E-state index is -0.684. The molecular weight excluding hydrogens is 419 g/mol. The fraction of sp³-hybridized carbons (Fsp3) is 0.200. The van der Waals surface area contributed by atoms with Gasteiger partial charge in [-0.15, -0.1) is 0 Å². The van der Waals surface area contributed by atoms with Crippen molar-refractivity contribution in [2.45, 2.75) is 19.8 Å². The molecule has 0 heterocycles. The number of ether oxygens (including phenoxy) is 1. The van der Waals surface area contributed by atoms with Crippen molar-refractivity contribution in [1.82, 2.24) is 0 Å². The number of rotatable bonds is 8. The Hall–Kier alpha value is -2.90. The molecule has 29 heavy (non-hydrogen) atoms. The molecule has 0 spiro atoms. The van der Waals surface area contributed by atoms with Gasteiger partial charge in [0.15, 0.2) is 12.4 Å². The second-order valence-corrected chi connectivity index (χ2v) is 6.83. The zero-order chi connectivity index (χ0) is 21.4. The van der Waals surface area contributed by atoms with Crippen LogP contribution in [0.4, 0.5) is 11.4 Å². The van der Waals surface area contributed by atoms with Gasteiger partial charge in [0.1, 0.15) is 0 Å². The smallest absolute Gasteiger partial charge is 0.306 e. The first-order valence-electron chi connectivity index (χ1n) is 8.56. The highest BCUT2D eigenvalue weighted by atomic mass is 35.5. The average molecular weight is 437 g/mol. The summed E-state index contributed by atoms with van der Waals surface area (Å²) in [6, 6.07) is 10.9. The Balaban J connectivity index is 1.70. The van der Waals surface area contributed by atoms with E-state index in [1.54, 1.807) is 36.4 Å². The van der Waals surface area contributed by atoms with Gasteiger partial charge in [0.05, 0.1) is 16.5 Å². The van der Waals surface area contributed by atoms with Crippen LogP contribution in [0.25, 0.3) is 0 Å². The van der Waals surface area contributed by atoms with Crippen LogP contribution in [-0.2, 0) is 19.1 Å². The second-order valence-electron chi connectivity index (χ2n) is 6.02. The number of Topliss-reactive ketones (excluding diaryl/α,β-unsaturated/α-hetero) is 1. The molecule has 2 aromatic rings. The van der Waals surface area contributed by atoms with Crippen molar-refractivity contribution >= 4 is 58.1 Å². The maximum absolute atomic E-state index is 11.9. The number of halogens is 2. The average Bonchev–Trinajstić information content (AvgIpc) is 2.68. The van der Waals surface area contributed by atoms with E-state index in [-0.39, 0.29) is 18.6 Å². The Morgan fingerprint density at radius 2 is 1.45 bits per heavy atom. The van der Waals surface area contributed by atoms with Crippen molar-refractivity contribution in [3.8, 4) is 0 Å². The van der Waals surface area contributed by atoms with Gasteiger partial charge < -0.3 is 15.4 Å². The van der Waals surface area contributed by atoms with E-state index in [1.807, 2.05) is 0 Å². The molecule has 2 N–H and O–H groups in total. The van der Waals surface area contributed by atoms with Crippen LogP contribution in [0.3, 0.4) is 0 Å². The summed E-state index contributed by atoms with van der Waals surface area (Å²) in [7, 11) is 0. The monoisotopic (exact) mass is 436 g/mol. The molecule has 0 atom stereocenters. The number of benzene rings is 2. The molecule has 0 aliphatic carbocycles.